The average Bonchev–Trinajstić information content (AvgIpc) is 3.40. The Labute approximate surface area is 156 Å². The van der Waals surface area contributed by atoms with Gasteiger partial charge in [-0.3, -0.25) is 9.48 Å². The molecule has 8 nitrogen and oxygen atoms in total. The molecule has 1 aromatic carbocycles. The number of methoxy groups -OCH3 is 1. The minimum absolute atomic E-state index is 0.00397. The second kappa shape index (κ2) is 7.32. The molecule has 0 unspecified atom stereocenters. The van der Waals surface area contributed by atoms with Crippen molar-refractivity contribution in [2.45, 2.75) is 25.3 Å². The van der Waals surface area contributed by atoms with Crippen molar-refractivity contribution < 1.29 is 14.1 Å². The van der Waals surface area contributed by atoms with Crippen molar-refractivity contribution in [2.24, 2.45) is 7.05 Å². The van der Waals surface area contributed by atoms with E-state index in [0.717, 1.165) is 24.0 Å². The van der Waals surface area contributed by atoms with Gasteiger partial charge in [0.15, 0.2) is 0 Å². The van der Waals surface area contributed by atoms with Crippen LogP contribution < -0.4 is 5.32 Å². The quantitative estimate of drug-likeness (QED) is 0.717. The van der Waals surface area contributed by atoms with Gasteiger partial charge in [0, 0.05) is 25.9 Å². The second-order valence-electron chi connectivity index (χ2n) is 6.64. The van der Waals surface area contributed by atoms with Crippen LogP contribution in [-0.2, 0) is 24.6 Å². The van der Waals surface area contributed by atoms with E-state index < -0.39 is 0 Å². The highest BCUT2D eigenvalue weighted by atomic mass is 16.5. The monoisotopic (exact) mass is 367 g/mol. The smallest absolute Gasteiger partial charge is 0.254 e. The Kier molecular flexibility index (Phi) is 4.72. The van der Waals surface area contributed by atoms with E-state index in [1.54, 1.807) is 31.2 Å². The van der Waals surface area contributed by atoms with Gasteiger partial charge in [-0.1, -0.05) is 17.3 Å². The molecule has 3 aromatic rings. The normalized spacial score (nSPS) is 15.7. The van der Waals surface area contributed by atoms with Gasteiger partial charge in [0.25, 0.3) is 5.91 Å². The first-order valence-electron chi connectivity index (χ1n) is 8.88. The summed E-state index contributed by atoms with van der Waals surface area (Å²) in [7, 11) is 3.43. The molecule has 0 fully saturated rings. The van der Waals surface area contributed by atoms with Crippen molar-refractivity contribution >= 4 is 5.91 Å². The topological polar surface area (TPSA) is 95.1 Å². The zero-order valence-electron chi connectivity index (χ0n) is 15.3. The van der Waals surface area contributed by atoms with Crippen LogP contribution in [0.25, 0.3) is 11.4 Å². The molecule has 1 aliphatic rings. The van der Waals surface area contributed by atoms with Crippen molar-refractivity contribution in [3.05, 3.63) is 53.2 Å². The Morgan fingerprint density at radius 2 is 2.33 bits per heavy atom. The predicted octanol–water partition coefficient (Wildman–Crippen LogP) is 2.08. The fourth-order valence-corrected chi connectivity index (χ4v) is 3.35. The van der Waals surface area contributed by atoms with Crippen LogP contribution in [0.4, 0.5) is 0 Å². The first kappa shape index (κ1) is 17.4. The van der Waals surface area contributed by atoms with Crippen LogP contribution in [-0.4, -0.2) is 39.5 Å². The summed E-state index contributed by atoms with van der Waals surface area (Å²) in [5, 5.41) is 11.2. The molecule has 1 N–H and O–H groups in total. The average molecular weight is 367 g/mol. The van der Waals surface area contributed by atoms with Crippen LogP contribution in [0.5, 0.6) is 0 Å². The largest absolute Gasteiger partial charge is 0.384 e. The Balaban J connectivity index is 1.49. The number of benzene rings is 1. The molecule has 0 spiro atoms. The van der Waals surface area contributed by atoms with E-state index in [1.807, 2.05) is 12.1 Å². The van der Waals surface area contributed by atoms with Crippen LogP contribution in [0.2, 0.25) is 0 Å². The molecule has 2 heterocycles. The maximum atomic E-state index is 12.4. The van der Waals surface area contributed by atoms with Crippen LogP contribution in [0.15, 0.2) is 35.1 Å². The van der Waals surface area contributed by atoms with Gasteiger partial charge in [0.1, 0.15) is 0 Å². The molecule has 1 atom stereocenters. The number of aromatic nitrogens is 4. The second-order valence-corrected chi connectivity index (χ2v) is 6.64. The number of hydrogen-bond donors (Lipinski definition) is 1. The molecule has 140 valence electrons. The fraction of sp³-hybridized carbons (Fsp3) is 0.368. The van der Waals surface area contributed by atoms with E-state index in [1.165, 1.54) is 5.56 Å². The molecule has 0 bridgehead atoms. The summed E-state index contributed by atoms with van der Waals surface area (Å²) in [6.07, 6.45) is 5.65. The minimum Gasteiger partial charge on any atom is -0.384 e. The van der Waals surface area contributed by atoms with Gasteiger partial charge in [0.05, 0.1) is 30.8 Å². The molecular formula is C19H21N5O3. The third-order valence-electron chi connectivity index (χ3n) is 4.74. The van der Waals surface area contributed by atoms with Gasteiger partial charge < -0.3 is 14.6 Å². The highest BCUT2D eigenvalue weighted by Crippen LogP contribution is 2.33. The lowest BCUT2D eigenvalue weighted by molar-refractivity contribution is 0.0936. The predicted molar refractivity (Wildman–Crippen MR) is 97.1 cm³/mol. The molecule has 1 amide bonds. The highest BCUT2D eigenvalue weighted by molar-refractivity contribution is 5.94. The van der Waals surface area contributed by atoms with Crippen LogP contribution >= 0.6 is 0 Å². The molecule has 2 aromatic heterocycles. The summed E-state index contributed by atoms with van der Waals surface area (Å²) < 4.78 is 11.9. The third-order valence-corrected chi connectivity index (χ3v) is 4.74. The number of nitrogens with zero attached hydrogens (tertiary/aromatic N) is 4. The van der Waals surface area contributed by atoms with Crippen molar-refractivity contribution in [3.63, 3.8) is 0 Å². The van der Waals surface area contributed by atoms with Gasteiger partial charge in [-0.05, 0) is 30.0 Å². The summed E-state index contributed by atoms with van der Waals surface area (Å²) in [5.74, 6) is 1.03. The van der Waals surface area contributed by atoms with E-state index in [9.17, 15) is 4.79 Å². The molecule has 0 aliphatic heterocycles. The van der Waals surface area contributed by atoms with E-state index in [0.29, 0.717) is 30.3 Å². The summed E-state index contributed by atoms with van der Waals surface area (Å²) in [4.78, 5) is 16.8. The standard InChI is InChI=1S/C19H21N5O3/c1-24-11-14(10-20-24)19(25)21-16-6-4-12-9-13(3-5-15(12)16)18-22-17(27-23-18)7-8-26-2/h3,5,9-11,16H,4,6-8H2,1-2H3,(H,21,25)/t16-/m1/s1. The van der Waals surface area contributed by atoms with Crippen molar-refractivity contribution in [2.75, 3.05) is 13.7 Å². The summed E-state index contributed by atoms with van der Waals surface area (Å²) in [5.41, 5.74) is 3.82. The third kappa shape index (κ3) is 3.61. The molecule has 8 heteroatoms. The number of ether oxygens (including phenoxy) is 1. The first-order valence-corrected chi connectivity index (χ1v) is 8.88. The molecule has 27 heavy (non-hydrogen) atoms. The number of amides is 1. The van der Waals surface area contributed by atoms with Gasteiger partial charge in [-0.15, -0.1) is 0 Å². The Morgan fingerprint density at radius 1 is 1.44 bits per heavy atom. The van der Waals surface area contributed by atoms with Crippen LogP contribution in [0.3, 0.4) is 0 Å². The first-order chi connectivity index (χ1) is 13.1. The van der Waals surface area contributed by atoms with E-state index in [2.05, 4.69) is 26.6 Å². The molecule has 0 radical (unpaired) electrons. The van der Waals surface area contributed by atoms with E-state index in [-0.39, 0.29) is 11.9 Å². The number of hydrogen-bond acceptors (Lipinski definition) is 6. The van der Waals surface area contributed by atoms with Gasteiger partial charge in [0.2, 0.25) is 11.7 Å². The molecular weight excluding hydrogens is 346 g/mol. The molecule has 4 rings (SSSR count). The highest BCUT2D eigenvalue weighted by Gasteiger charge is 2.25. The summed E-state index contributed by atoms with van der Waals surface area (Å²) >= 11 is 0. The van der Waals surface area contributed by atoms with Crippen molar-refractivity contribution in [1.29, 1.82) is 0 Å². The molecule has 0 saturated heterocycles. The maximum Gasteiger partial charge on any atom is 0.254 e. The lowest BCUT2D eigenvalue weighted by atomic mass is 10.0. The Hall–Kier alpha value is -3.00. The number of rotatable bonds is 6. The molecule has 1 aliphatic carbocycles. The van der Waals surface area contributed by atoms with Crippen molar-refractivity contribution in [1.82, 2.24) is 25.2 Å². The molecule has 0 saturated carbocycles. The fourth-order valence-electron chi connectivity index (χ4n) is 3.35. The van der Waals surface area contributed by atoms with Crippen molar-refractivity contribution in [3.8, 4) is 11.4 Å². The zero-order chi connectivity index (χ0) is 18.8. The zero-order valence-corrected chi connectivity index (χ0v) is 15.3. The lowest BCUT2D eigenvalue weighted by Crippen LogP contribution is -2.26. The van der Waals surface area contributed by atoms with E-state index in [4.69, 9.17) is 9.26 Å². The lowest BCUT2D eigenvalue weighted by Gasteiger charge is -2.13. The summed E-state index contributed by atoms with van der Waals surface area (Å²) in [6, 6.07) is 6.09. The van der Waals surface area contributed by atoms with Gasteiger partial charge >= 0.3 is 0 Å². The number of carbonyl (C=O) groups is 1. The Bertz CT molecular complexity index is 962. The van der Waals surface area contributed by atoms with Gasteiger partial charge in [-0.25, -0.2) is 0 Å². The van der Waals surface area contributed by atoms with Gasteiger partial charge in [-0.2, -0.15) is 10.1 Å². The number of aryl methyl sites for hydroxylation is 2. The Morgan fingerprint density at radius 3 is 3.11 bits per heavy atom. The minimum atomic E-state index is -0.106. The van der Waals surface area contributed by atoms with Crippen LogP contribution in [0, 0.1) is 0 Å². The van der Waals surface area contributed by atoms with E-state index >= 15 is 0 Å². The number of fused-ring (bicyclic) bond motifs is 1. The summed E-state index contributed by atoms with van der Waals surface area (Å²) in [6.45, 7) is 0.546. The number of nitrogens with one attached hydrogen (secondary N) is 1. The number of carbonyl (C=O) groups excluding carboxylic acids is 1. The SMILES string of the molecule is COCCc1nc(-c2ccc3c(c2)CC[C@H]3NC(=O)c2cnn(C)c2)no1. The van der Waals surface area contributed by atoms with Crippen LogP contribution in [0.1, 0.15) is 39.8 Å². The maximum absolute atomic E-state index is 12.4.